The second-order valence-electron chi connectivity index (χ2n) is 4.23. The average molecular weight is 291 g/mol. The number of phenols is 1. The van der Waals surface area contributed by atoms with Gasteiger partial charge in [0.05, 0.1) is 5.56 Å². The van der Waals surface area contributed by atoms with Crippen LogP contribution >= 0.6 is 11.3 Å². The van der Waals surface area contributed by atoms with Crippen LogP contribution < -0.4 is 5.32 Å². The van der Waals surface area contributed by atoms with Gasteiger partial charge in [-0.25, -0.2) is 4.79 Å². The molecule has 5 nitrogen and oxygen atoms in total. The molecule has 0 saturated heterocycles. The summed E-state index contributed by atoms with van der Waals surface area (Å²) in [6.07, 6.45) is 0. The smallest absolute Gasteiger partial charge is 0.331 e. The Morgan fingerprint density at radius 2 is 2.00 bits per heavy atom. The highest BCUT2D eigenvalue weighted by Crippen LogP contribution is 2.24. The number of carbonyl (C=O) groups is 2. The van der Waals surface area contributed by atoms with Crippen molar-refractivity contribution in [1.29, 1.82) is 0 Å². The maximum absolute atomic E-state index is 12.1. The minimum Gasteiger partial charge on any atom is -0.507 e. The van der Waals surface area contributed by atoms with E-state index in [2.05, 4.69) is 5.32 Å². The van der Waals surface area contributed by atoms with Gasteiger partial charge in [0.2, 0.25) is 0 Å². The summed E-state index contributed by atoms with van der Waals surface area (Å²) >= 11 is 1.25. The van der Waals surface area contributed by atoms with Gasteiger partial charge in [-0.1, -0.05) is 18.2 Å². The van der Waals surface area contributed by atoms with E-state index in [1.807, 2.05) is 0 Å². The molecule has 2 aromatic rings. The second kappa shape index (κ2) is 5.75. The van der Waals surface area contributed by atoms with E-state index in [0.29, 0.717) is 10.4 Å². The van der Waals surface area contributed by atoms with E-state index >= 15 is 0 Å². The van der Waals surface area contributed by atoms with Gasteiger partial charge < -0.3 is 15.5 Å². The molecule has 0 radical (unpaired) electrons. The Kier molecular flexibility index (Phi) is 4.05. The third-order valence-corrected chi connectivity index (χ3v) is 3.77. The average Bonchev–Trinajstić information content (AvgIpc) is 2.92. The van der Waals surface area contributed by atoms with Gasteiger partial charge in [-0.05, 0) is 30.0 Å². The molecule has 1 atom stereocenters. The molecule has 104 valence electrons. The summed E-state index contributed by atoms with van der Waals surface area (Å²) < 4.78 is 0. The fraction of sp³-hybridized carbons (Fsp3) is 0.143. The van der Waals surface area contributed by atoms with Crippen molar-refractivity contribution < 1.29 is 19.8 Å². The van der Waals surface area contributed by atoms with Crippen LogP contribution in [0.25, 0.3) is 0 Å². The minimum absolute atomic E-state index is 0.0628. The lowest BCUT2D eigenvalue weighted by atomic mass is 10.1. The molecule has 0 fully saturated rings. The van der Waals surface area contributed by atoms with Gasteiger partial charge in [0, 0.05) is 4.88 Å². The van der Waals surface area contributed by atoms with Gasteiger partial charge in [-0.3, -0.25) is 4.79 Å². The predicted molar refractivity (Wildman–Crippen MR) is 75.0 cm³/mol. The Labute approximate surface area is 119 Å². The first kappa shape index (κ1) is 14.1. The number of rotatable bonds is 4. The van der Waals surface area contributed by atoms with E-state index in [1.54, 1.807) is 36.6 Å². The van der Waals surface area contributed by atoms with Crippen LogP contribution in [0.1, 0.15) is 26.8 Å². The Hall–Kier alpha value is -2.34. The molecule has 1 amide bonds. The minimum atomic E-state index is -1.15. The zero-order chi connectivity index (χ0) is 14.7. The fourth-order valence-corrected chi connectivity index (χ4v) is 2.53. The molecule has 0 aliphatic carbocycles. The molecule has 3 N–H and O–H groups in total. The van der Waals surface area contributed by atoms with Crippen molar-refractivity contribution in [2.24, 2.45) is 0 Å². The molecule has 0 spiro atoms. The number of phenolic OH excluding ortho intramolecular Hbond substituents is 1. The topological polar surface area (TPSA) is 86.6 Å². The number of nitrogens with one attached hydrogen (secondary N) is 1. The lowest BCUT2D eigenvalue weighted by molar-refractivity contribution is -0.139. The highest BCUT2D eigenvalue weighted by molar-refractivity contribution is 7.10. The first-order valence-electron chi connectivity index (χ1n) is 5.86. The van der Waals surface area contributed by atoms with Gasteiger partial charge >= 0.3 is 5.97 Å². The number of para-hydroxylation sites is 1. The highest BCUT2D eigenvalue weighted by atomic mass is 32.1. The number of aromatic hydroxyl groups is 1. The van der Waals surface area contributed by atoms with Crippen molar-refractivity contribution in [3.63, 3.8) is 0 Å². The Morgan fingerprint density at radius 1 is 1.25 bits per heavy atom. The summed E-state index contributed by atoms with van der Waals surface area (Å²) in [5, 5.41) is 23.2. The summed E-state index contributed by atoms with van der Waals surface area (Å²) in [5.41, 5.74) is 0.619. The molecule has 0 aliphatic rings. The maximum Gasteiger partial charge on any atom is 0.331 e. The number of aryl methyl sites for hydroxylation is 1. The largest absolute Gasteiger partial charge is 0.507 e. The van der Waals surface area contributed by atoms with Gasteiger partial charge in [0.15, 0.2) is 6.04 Å². The number of amides is 1. The van der Waals surface area contributed by atoms with E-state index in [1.165, 1.54) is 17.4 Å². The van der Waals surface area contributed by atoms with Crippen LogP contribution in [-0.2, 0) is 4.79 Å². The van der Waals surface area contributed by atoms with Gasteiger partial charge in [-0.2, -0.15) is 0 Å². The zero-order valence-electron chi connectivity index (χ0n) is 10.7. The molecule has 6 heteroatoms. The molecular formula is C14H13NO4S. The van der Waals surface area contributed by atoms with Gasteiger partial charge in [-0.15, -0.1) is 11.3 Å². The summed E-state index contributed by atoms with van der Waals surface area (Å²) in [6.45, 7) is 1.67. The number of hydrogen-bond acceptors (Lipinski definition) is 4. The van der Waals surface area contributed by atoms with Gasteiger partial charge in [0.25, 0.3) is 5.91 Å². The third kappa shape index (κ3) is 2.80. The molecule has 1 unspecified atom stereocenters. The molecule has 2 rings (SSSR count). The summed E-state index contributed by atoms with van der Waals surface area (Å²) in [6, 6.07) is 6.98. The van der Waals surface area contributed by atoms with Crippen LogP contribution in [0, 0.1) is 6.92 Å². The van der Waals surface area contributed by atoms with E-state index < -0.39 is 17.9 Å². The molecule has 1 heterocycles. The number of carboxylic acid groups (broad SMARTS) is 1. The van der Waals surface area contributed by atoms with Crippen molar-refractivity contribution >= 4 is 23.2 Å². The quantitative estimate of drug-likeness (QED) is 0.807. The molecule has 0 bridgehead atoms. The Balaban J connectivity index is 2.25. The van der Waals surface area contributed by atoms with Crippen LogP contribution in [0.3, 0.4) is 0 Å². The molecule has 0 aliphatic heterocycles. The Bertz CT molecular complexity index is 637. The van der Waals surface area contributed by atoms with E-state index in [0.717, 1.165) is 0 Å². The van der Waals surface area contributed by atoms with Gasteiger partial charge in [0.1, 0.15) is 5.75 Å². The molecule has 1 aromatic carbocycles. The van der Waals surface area contributed by atoms with Crippen LogP contribution in [0.5, 0.6) is 5.75 Å². The zero-order valence-corrected chi connectivity index (χ0v) is 11.5. The van der Waals surface area contributed by atoms with E-state index in [4.69, 9.17) is 0 Å². The maximum atomic E-state index is 12.1. The molecular weight excluding hydrogens is 278 g/mol. The van der Waals surface area contributed by atoms with Crippen molar-refractivity contribution in [3.05, 3.63) is 51.7 Å². The molecule has 20 heavy (non-hydrogen) atoms. The van der Waals surface area contributed by atoms with Crippen molar-refractivity contribution in [3.8, 4) is 5.75 Å². The predicted octanol–water partition coefficient (Wildman–Crippen LogP) is 2.32. The first-order chi connectivity index (χ1) is 9.50. The lowest BCUT2D eigenvalue weighted by Gasteiger charge is -2.14. The van der Waals surface area contributed by atoms with Crippen molar-refractivity contribution in [1.82, 2.24) is 5.32 Å². The van der Waals surface area contributed by atoms with Crippen LogP contribution in [0.4, 0.5) is 0 Å². The number of carboxylic acids is 1. The number of aliphatic carboxylic acids is 1. The van der Waals surface area contributed by atoms with Crippen LogP contribution in [0.2, 0.25) is 0 Å². The Morgan fingerprint density at radius 3 is 2.60 bits per heavy atom. The standard InChI is InChI=1S/C14H13NO4S/c1-8-4-2-5-9(12(8)16)13(17)15-11(14(18)19)10-6-3-7-20-10/h2-7,11,16H,1H3,(H,15,17)(H,18,19). The highest BCUT2D eigenvalue weighted by Gasteiger charge is 2.24. The SMILES string of the molecule is Cc1cccc(C(=O)NC(C(=O)O)c2cccs2)c1O. The van der Waals surface area contributed by atoms with Crippen molar-refractivity contribution in [2.45, 2.75) is 13.0 Å². The fourth-order valence-electron chi connectivity index (χ4n) is 1.76. The van der Waals surface area contributed by atoms with Crippen LogP contribution in [0.15, 0.2) is 35.7 Å². The number of hydrogen-bond donors (Lipinski definition) is 3. The molecule has 0 saturated carbocycles. The normalized spacial score (nSPS) is 11.8. The van der Waals surface area contributed by atoms with E-state index in [9.17, 15) is 19.8 Å². The number of carbonyl (C=O) groups excluding carboxylic acids is 1. The lowest BCUT2D eigenvalue weighted by Crippen LogP contribution is -2.33. The number of thiophene rings is 1. The summed E-state index contributed by atoms with van der Waals surface area (Å²) in [5.74, 6) is -1.90. The summed E-state index contributed by atoms with van der Waals surface area (Å²) in [4.78, 5) is 23.9. The second-order valence-corrected chi connectivity index (χ2v) is 5.21. The molecule has 1 aromatic heterocycles. The first-order valence-corrected chi connectivity index (χ1v) is 6.74. The third-order valence-electron chi connectivity index (χ3n) is 2.83. The van der Waals surface area contributed by atoms with Crippen molar-refractivity contribution in [2.75, 3.05) is 0 Å². The van der Waals surface area contributed by atoms with Crippen LogP contribution in [-0.4, -0.2) is 22.1 Å². The monoisotopic (exact) mass is 291 g/mol. The summed E-state index contributed by atoms with van der Waals surface area (Å²) in [7, 11) is 0. The van der Waals surface area contributed by atoms with E-state index in [-0.39, 0.29) is 11.3 Å². The number of benzene rings is 1.